The molecule has 0 saturated carbocycles. The summed E-state index contributed by atoms with van der Waals surface area (Å²) >= 11 is 5.63. The summed E-state index contributed by atoms with van der Waals surface area (Å²) in [5, 5.41) is -0.232. The smallest absolute Gasteiger partial charge is 0.237 e. The minimum Gasteiger partial charge on any atom is -0.486 e. The Kier molecular flexibility index (Phi) is 3.38. The van der Waals surface area contributed by atoms with Crippen LogP contribution in [0.2, 0.25) is 5.02 Å². The lowest BCUT2D eigenvalue weighted by Gasteiger charge is -2.21. The third kappa shape index (κ3) is 2.75. The second kappa shape index (κ2) is 4.51. The number of hydrogen-bond acceptors (Lipinski definition) is 4. The Labute approximate surface area is 107 Å². The van der Waals surface area contributed by atoms with Crippen molar-refractivity contribution < 1.29 is 22.3 Å². The summed E-state index contributed by atoms with van der Waals surface area (Å²) in [5.74, 6) is -1.30. The van der Waals surface area contributed by atoms with E-state index in [1.54, 1.807) is 0 Å². The average Bonchev–Trinajstić information content (AvgIpc) is 2.23. The third-order valence-electron chi connectivity index (χ3n) is 2.13. The first-order valence-corrected chi connectivity index (χ1v) is 7.43. The van der Waals surface area contributed by atoms with Gasteiger partial charge in [0.2, 0.25) is 9.05 Å². The lowest BCUT2D eigenvalue weighted by molar-refractivity contribution is 0.169. The lowest BCUT2D eigenvalue weighted by atomic mass is 10.2. The predicted octanol–water partition coefficient (Wildman–Crippen LogP) is 2.32. The summed E-state index contributed by atoms with van der Waals surface area (Å²) in [4.78, 5) is 0. The Morgan fingerprint density at radius 2 is 2.00 bits per heavy atom. The molecule has 1 heterocycles. The van der Waals surface area contributed by atoms with E-state index in [4.69, 9.17) is 31.8 Å². The van der Waals surface area contributed by atoms with Crippen LogP contribution in [0.4, 0.5) is 4.39 Å². The molecule has 8 heteroatoms. The number of ether oxygens (including phenoxy) is 2. The van der Waals surface area contributed by atoms with Gasteiger partial charge >= 0.3 is 0 Å². The van der Waals surface area contributed by atoms with Gasteiger partial charge in [0.1, 0.15) is 19.0 Å². The Balaban J connectivity index is 2.58. The molecule has 1 aromatic carbocycles. The Bertz CT molecular complexity index is 559. The van der Waals surface area contributed by atoms with Crippen molar-refractivity contribution in [3.63, 3.8) is 0 Å². The summed E-state index contributed by atoms with van der Waals surface area (Å²) in [6.07, 6.45) is 0. The molecule has 0 amide bonds. The van der Waals surface area contributed by atoms with Crippen LogP contribution in [0.3, 0.4) is 0 Å². The van der Waals surface area contributed by atoms with Gasteiger partial charge in [-0.1, -0.05) is 11.6 Å². The van der Waals surface area contributed by atoms with Gasteiger partial charge in [-0.3, -0.25) is 0 Å². The second-order valence-corrected chi connectivity index (χ2v) is 6.54. The maximum atomic E-state index is 13.7. The molecule has 0 N–H and O–H groups in total. The average molecular weight is 301 g/mol. The molecule has 2 rings (SSSR count). The van der Waals surface area contributed by atoms with E-state index in [2.05, 4.69) is 0 Å². The molecule has 1 aliphatic heterocycles. The largest absolute Gasteiger partial charge is 0.486 e. The molecule has 1 aromatic rings. The van der Waals surface area contributed by atoms with Crippen molar-refractivity contribution in [3.8, 4) is 11.5 Å². The van der Waals surface area contributed by atoms with Crippen LogP contribution < -0.4 is 9.47 Å². The van der Waals surface area contributed by atoms with Gasteiger partial charge < -0.3 is 9.47 Å². The quantitative estimate of drug-likeness (QED) is 0.787. The van der Waals surface area contributed by atoms with Crippen LogP contribution in [0.25, 0.3) is 0 Å². The Morgan fingerprint density at radius 3 is 2.65 bits per heavy atom. The SMILES string of the molecule is O=S(=O)(Cl)Cc1c(F)c(Cl)cc2c1OCCO2. The molecule has 4 nitrogen and oxygen atoms in total. The van der Waals surface area contributed by atoms with Crippen LogP contribution in [-0.2, 0) is 14.8 Å². The number of fused-ring (bicyclic) bond motifs is 1. The summed E-state index contributed by atoms with van der Waals surface area (Å²) in [6.45, 7) is 0.505. The number of hydrogen-bond donors (Lipinski definition) is 0. The van der Waals surface area contributed by atoms with E-state index in [9.17, 15) is 12.8 Å². The molecule has 94 valence electrons. The highest BCUT2D eigenvalue weighted by Crippen LogP contribution is 2.40. The third-order valence-corrected chi connectivity index (χ3v) is 3.37. The molecule has 1 aliphatic rings. The monoisotopic (exact) mass is 300 g/mol. The van der Waals surface area contributed by atoms with E-state index in [0.717, 1.165) is 0 Å². The summed E-state index contributed by atoms with van der Waals surface area (Å²) < 4.78 is 46.1. The van der Waals surface area contributed by atoms with E-state index < -0.39 is 20.6 Å². The number of rotatable bonds is 2. The molecule has 0 fully saturated rings. The highest BCUT2D eigenvalue weighted by Gasteiger charge is 2.25. The standard InChI is InChI=1S/C9H7Cl2FO4S/c10-6-3-7-9(16-2-1-15-7)5(8(6)12)4-17(11,13)14/h3H,1-2,4H2. The molecule has 0 bridgehead atoms. The van der Waals surface area contributed by atoms with E-state index in [0.29, 0.717) is 6.61 Å². The lowest BCUT2D eigenvalue weighted by Crippen LogP contribution is -2.18. The van der Waals surface area contributed by atoms with Gasteiger partial charge in [0.05, 0.1) is 16.3 Å². The zero-order valence-corrected chi connectivity index (χ0v) is 10.7. The van der Waals surface area contributed by atoms with E-state index >= 15 is 0 Å². The molecule has 0 aromatic heterocycles. The molecular formula is C9H7Cl2FO4S. The zero-order chi connectivity index (χ0) is 12.6. The summed E-state index contributed by atoms with van der Waals surface area (Å²) in [7, 11) is 1.19. The minimum absolute atomic E-state index is 0.0439. The predicted molar refractivity (Wildman–Crippen MR) is 60.9 cm³/mol. The van der Waals surface area contributed by atoms with Crippen LogP contribution in [0, 0.1) is 5.82 Å². The summed E-state index contributed by atoms with van der Waals surface area (Å²) in [6, 6.07) is 1.25. The van der Waals surface area contributed by atoms with Crippen molar-refractivity contribution in [3.05, 3.63) is 22.5 Å². The molecular weight excluding hydrogens is 294 g/mol. The zero-order valence-electron chi connectivity index (χ0n) is 8.37. The van der Waals surface area contributed by atoms with Crippen molar-refractivity contribution in [1.29, 1.82) is 0 Å². The van der Waals surface area contributed by atoms with Gasteiger partial charge in [-0.2, -0.15) is 0 Å². The maximum absolute atomic E-state index is 13.7. The topological polar surface area (TPSA) is 52.6 Å². The molecule has 17 heavy (non-hydrogen) atoms. The van der Waals surface area contributed by atoms with Crippen LogP contribution in [0.5, 0.6) is 11.5 Å². The van der Waals surface area contributed by atoms with Crippen molar-refractivity contribution >= 4 is 31.3 Å². The molecule has 0 saturated heterocycles. The normalized spacial score (nSPS) is 14.8. The van der Waals surface area contributed by atoms with Gasteiger partial charge in [0.15, 0.2) is 11.5 Å². The van der Waals surface area contributed by atoms with Gasteiger partial charge in [0, 0.05) is 16.7 Å². The van der Waals surface area contributed by atoms with Gasteiger partial charge in [-0.25, -0.2) is 12.8 Å². The first-order chi connectivity index (χ1) is 7.88. The van der Waals surface area contributed by atoms with Gasteiger partial charge in [0.25, 0.3) is 0 Å². The molecule has 0 aliphatic carbocycles. The summed E-state index contributed by atoms with van der Waals surface area (Å²) in [5.41, 5.74) is -0.206. The van der Waals surface area contributed by atoms with Crippen molar-refractivity contribution in [2.45, 2.75) is 5.75 Å². The van der Waals surface area contributed by atoms with E-state index in [1.807, 2.05) is 0 Å². The first-order valence-electron chi connectivity index (χ1n) is 4.57. The molecule has 0 atom stereocenters. The molecule has 0 radical (unpaired) electrons. The maximum Gasteiger partial charge on any atom is 0.237 e. The fraction of sp³-hybridized carbons (Fsp3) is 0.333. The van der Waals surface area contributed by atoms with Gasteiger partial charge in [-0.05, 0) is 0 Å². The highest BCUT2D eigenvalue weighted by molar-refractivity contribution is 8.13. The minimum atomic E-state index is -3.91. The fourth-order valence-electron chi connectivity index (χ4n) is 1.50. The molecule has 0 unspecified atom stereocenters. The van der Waals surface area contributed by atoms with Crippen molar-refractivity contribution in [1.82, 2.24) is 0 Å². The molecule has 0 spiro atoms. The fourth-order valence-corrected chi connectivity index (χ4v) is 2.64. The Hall–Kier alpha value is -0.720. The van der Waals surface area contributed by atoms with Crippen molar-refractivity contribution in [2.75, 3.05) is 13.2 Å². The van der Waals surface area contributed by atoms with E-state index in [1.165, 1.54) is 6.07 Å². The van der Waals surface area contributed by atoms with Crippen LogP contribution in [0.15, 0.2) is 6.07 Å². The number of benzene rings is 1. The first kappa shape index (κ1) is 12.7. The Morgan fingerprint density at radius 1 is 1.35 bits per heavy atom. The van der Waals surface area contributed by atoms with Crippen LogP contribution >= 0.6 is 22.3 Å². The van der Waals surface area contributed by atoms with E-state index in [-0.39, 0.29) is 28.7 Å². The van der Waals surface area contributed by atoms with Crippen LogP contribution in [0.1, 0.15) is 5.56 Å². The number of halogens is 3. The second-order valence-electron chi connectivity index (χ2n) is 3.36. The van der Waals surface area contributed by atoms with Gasteiger partial charge in [-0.15, -0.1) is 0 Å². The van der Waals surface area contributed by atoms with Crippen LogP contribution in [-0.4, -0.2) is 21.6 Å². The van der Waals surface area contributed by atoms with Crippen molar-refractivity contribution in [2.24, 2.45) is 0 Å². The highest BCUT2D eigenvalue weighted by atomic mass is 35.7.